The Balaban J connectivity index is 2.92. The van der Waals surface area contributed by atoms with Crippen molar-refractivity contribution in [3.63, 3.8) is 0 Å². The normalized spacial score (nSPS) is 14.0. The van der Waals surface area contributed by atoms with Gasteiger partial charge < -0.3 is 5.73 Å². The summed E-state index contributed by atoms with van der Waals surface area (Å²) >= 11 is 3.16. The summed E-state index contributed by atoms with van der Waals surface area (Å²) in [6.45, 7) is 6.30. The van der Waals surface area contributed by atoms with Gasteiger partial charge in [-0.05, 0) is 33.8 Å². The van der Waals surface area contributed by atoms with E-state index in [1.54, 1.807) is 12.1 Å². The lowest BCUT2D eigenvalue weighted by atomic mass is 9.86. The fraction of sp³-hybridized carbons (Fsp3) is 0.500. The van der Waals surface area contributed by atoms with Gasteiger partial charge in [0.25, 0.3) is 0 Å². The van der Waals surface area contributed by atoms with Crippen molar-refractivity contribution < 1.29 is 4.39 Å². The van der Waals surface area contributed by atoms with Crippen LogP contribution >= 0.6 is 15.9 Å². The van der Waals surface area contributed by atoms with E-state index < -0.39 is 0 Å². The average molecular weight is 274 g/mol. The highest BCUT2D eigenvalue weighted by molar-refractivity contribution is 9.10. The van der Waals surface area contributed by atoms with Crippen molar-refractivity contribution in [2.24, 2.45) is 11.1 Å². The molecule has 0 saturated heterocycles. The van der Waals surface area contributed by atoms with Gasteiger partial charge in [0, 0.05) is 11.6 Å². The maximum absolute atomic E-state index is 13.7. The van der Waals surface area contributed by atoms with Gasteiger partial charge >= 0.3 is 0 Å². The maximum atomic E-state index is 13.7. The van der Waals surface area contributed by atoms with E-state index in [1.165, 1.54) is 0 Å². The lowest BCUT2D eigenvalue weighted by Crippen LogP contribution is -2.19. The van der Waals surface area contributed by atoms with Crippen LogP contribution in [0.4, 0.5) is 4.39 Å². The zero-order valence-corrected chi connectivity index (χ0v) is 10.9. The van der Waals surface area contributed by atoms with E-state index in [9.17, 15) is 4.39 Å². The molecular weight excluding hydrogens is 257 g/mol. The van der Waals surface area contributed by atoms with Crippen LogP contribution in [-0.4, -0.2) is 0 Å². The van der Waals surface area contributed by atoms with Crippen LogP contribution in [0.25, 0.3) is 0 Å². The fourth-order valence-corrected chi connectivity index (χ4v) is 1.96. The van der Waals surface area contributed by atoms with Crippen molar-refractivity contribution in [2.45, 2.75) is 33.2 Å². The third-order valence-corrected chi connectivity index (χ3v) is 2.83. The average Bonchev–Trinajstić information content (AvgIpc) is 2.06. The molecule has 0 aliphatic heterocycles. The molecule has 0 aromatic heterocycles. The molecule has 15 heavy (non-hydrogen) atoms. The zero-order valence-electron chi connectivity index (χ0n) is 9.35. The number of rotatable bonds is 2. The SMILES string of the molecule is CC(C)(C)CC(N)c1cccc(Br)c1F. The van der Waals surface area contributed by atoms with E-state index in [0.29, 0.717) is 10.0 Å². The second kappa shape index (κ2) is 4.62. The predicted molar refractivity (Wildman–Crippen MR) is 65.1 cm³/mol. The van der Waals surface area contributed by atoms with Crippen molar-refractivity contribution in [2.75, 3.05) is 0 Å². The van der Waals surface area contributed by atoms with Crippen LogP contribution in [0.5, 0.6) is 0 Å². The lowest BCUT2D eigenvalue weighted by molar-refractivity contribution is 0.338. The molecule has 0 bridgehead atoms. The van der Waals surface area contributed by atoms with Crippen LogP contribution < -0.4 is 5.73 Å². The van der Waals surface area contributed by atoms with Gasteiger partial charge in [-0.3, -0.25) is 0 Å². The Hall–Kier alpha value is -0.410. The summed E-state index contributed by atoms with van der Waals surface area (Å²) in [7, 11) is 0. The molecule has 3 heteroatoms. The molecule has 0 saturated carbocycles. The molecule has 0 heterocycles. The molecule has 1 unspecified atom stereocenters. The Morgan fingerprint density at radius 2 is 2.00 bits per heavy atom. The predicted octanol–water partition coefficient (Wildman–Crippen LogP) is 4.02. The first kappa shape index (κ1) is 12.7. The van der Waals surface area contributed by atoms with Crippen molar-refractivity contribution in [3.8, 4) is 0 Å². The smallest absolute Gasteiger partial charge is 0.142 e. The topological polar surface area (TPSA) is 26.0 Å². The van der Waals surface area contributed by atoms with Crippen molar-refractivity contribution in [1.82, 2.24) is 0 Å². The van der Waals surface area contributed by atoms with Crippen LogP contribution in [0.1, 0.15) is 38.8 Å². The molecule has 0 aliphatic rings. The number of nitrogens with two attached hydrogens (primary N) is 1. The molecule has 2 N–H and O–H groups in total. The van der Waals surface area contributed by atoms with Gasteiger partial charge in [0.2, 0.25) is 0 Å². The number of hydrogen-bond donors (Lipinski definition) is 1. The van der Waals surface area contributed by atoms with Crippen LogP contribution in [0.3, 0.4) is 0 Å². The lowest BCUT2D eigenvalue weighted by Gasteiger charge is -2.23. The summed E-state index contributed by atoms with van der Waals surface area (Å²) in [6, 6.07) is 4.99. The van der Waals surface area contributed by atoms with Gasteiger partial charge in [-0.1, -0.05) is 32.9 Å². The van der Waals surface area contributed by atoms with Gasteiger partial charge in [0.05, 0.1) is 4.47 Å². The Kier molecular flexibility index (Phi) is 3.90. The van der Waals surface area contributed by atoms with Crippen molar-refractivity contribution in [1.29, 1.82) is 0 Å². The number of halogens is 2. The molecular formula is C12H17BrFN. The first-order valence-corrected chi connectivity index (χ1v) is 5.80. The summed E-state index contributed by atoms with van der Waals surface area (Å²) in [6.07, 6.45) is 0.764. The molecule has 0 aliphatic carbocycles. The summed E-state index contributed by atoms with van der Waals surface area (Å²) in [5.41, 5.74) is 6.68. The van der Waals surface area contributed by atoms with Gasteiger partial charge in [0.15, 0.2) is 0 Å². The maximum Gasteiger partial charge on any atom is 0.142 e. The Bertz CT molecular complexity index is 344. The second-order valence-electron chi connectivity index (χ2n) is 5.01. The quantitative estimate of drug-likeness (QED) is 0.865. The largest absolute Gasteiger partial charge is 0.324 e. The molecule has 0 fully saturated rings. The molecule has 1 rings (SSSR count). The molecule has 1 aromatic rings. The third kappa shape index (κ3) is 3.58. The molecule has 1 aromatic carbocycles. The standard InChI is InChI=1S/C12H17BrFN/c1-12(2,3)7-10(15)8-5-4-6-9(13)11(8)14/h4-6,10H,7,15H2,1-3H3. The van der Waals surface area contributed by atoms with E-state index in [2.05, 4.69) is 36.7 Å². The minimum Gasteiger partial charge on any atom is -0.324 e. The van der Waals surface area contributed by atoms with Gasteiger partial charge in [-0.25, -0.2) is 4.39 Å². The first-order valence-electron chi connectivity index (χ1n) is 5.01. The molecule has 0 radical (unpaired) electrons. The van der Waals surface area contributed by atoms with E-state index in [-0.39, 0.29) is 17.3 Å². The van der Waals surface area contributed by atoms with Crippen LogP contribution in [0.2, 0.25) is 0 Å². The highest BCUT2D eigenvalue weighted by atomic mass is 79.9. The minimum atomic E-state index is -0.248. The Labute approximate surface area is 99.0 Å². The van der Waals surface area contributed by atoms with Crippen molar-refractivity contribution in [3.05, 3.63) is 34.1 Å². The second-order valence-corrected chi connectivity index (χ2v) is 5.87. The molecule has 1 nitrogen and oxygen atoms in total. The van der Waals surface area contributed by atoms with Gasteiger partial charge in [0.1, 0.15) is 5.82 Å². The molecule has 0 spiro atoms. The zero-order chi connectivity index (χ0) is 11.6. The van der Waals surface area contributed by atoms with E-state index in [0.717, 1.165) is 6.42 Å². The molecule has 84 valence electrons. The van der Waals surface area contributed by atoms with Crippen LogP contribution in [0.15, 0.2) is 22.7 Å². The van der Waals surface area contributed by atoms with Crippen LogP contribution in [-0.2, 0) is 0 Å². The summed E-state index contributed by atoms with van der Waals surface area (Å²) in [5.74, 6) is -0.241. The summed E-state index contributed by atoms with van der Waals surface area (Å²) < 4.78 is 14.2. The fourth-order valence-electron chi connectivity index (χ4n) is 1.58. The van der Waals surface area contributed by atoms with E-state index >= 15 is 0 Å². The first-order chi connectivity index (χ1) is 6.81. The minimum absolute atomic E-state index is 0.105. The number of hydrogen-bond acceptors (Lipinski definition) is 1. The summed E-state index contributed by atoms with van der Waals surface area (Å²) in [5, 5.41) is 0. The Morgan fingerprint density at radius 3 is 2.53 bits per heavy atom. The third-order valence-electron chi connectivity index (χ3n) is 2.21. The number of benzene rings is 1. The molecule has 0 amide bonds. The Morgan fingerprint density at radius 1 is 1.40 bits per heavy atom. The van der Waals surface area contributed by atoms with E-state index in [1.807, 2.05) is 6.07 Å². The van der Waals surface area contributed by atoms with Crippen LogP contribution in [0, 0.1) is 11.2 Å². The highest BCUT2D eigenvalue weighted by Crippen LogP contribution is 2.30. The van der Waals surface area contributed by atoms with Gasteiger partial charge in [-0.2, -0.15) is 0 Å². The monoisotopic (exact) mass is 273 g/mol. The highest BCUT2D eigenvalue weighted by Gasteiger charge is 2.20. The van der Waals surface area contributed by atoms with Gasteiger partial charge in [-0.15, -0.1) is 0 Å². The van der Waals surface area contributed by atoms with E-state index in [4.69, 9.17) is 5.73 Å². The molecule has 1 atom stereocenters. The summed E-state index contributed by atoms with van der Waals surface area (Å²) in [4.78, 5) is 0. The van der Waals surface area contributed by atoms with Crippen molar-refractivity contribution >= 4 is 15.9 Å².